The first-order valence-corrected chi connectivity index (χ1v) is 7.82. The summed E-state index contributed by atoms with van der Waals surface area (Å²) in [5.41, 5.74) is 0. The van der Waals surface area contributed by atoms with Crippen molar-refractivity contribution in [1.29, 1.82) is 0 Å². The number of likely N-dealkylation sites (tertiary alicyclic amines) is 1. The first-order chi connectivity index (χ1) is 10.0. The Morgan fingerprint density at radius 1 is 1.52 bits per heavy atom. The van der Waals surface area contributed by atoms with E-state index in [1.165, 1.54) is 0 Å². The maximum atomic E-state index is 12.4. The molecule has 0 aliphatic carbocycles. The standard InChI is InChI=1S/C15H20Cl2N2O2/c1-10(21-14-4-3-12(16)7-13(14)17)15(20)19-6-5-11(9-19)8-18-2/h3-4,7,10-11,18H,5-6,8-9H2,1-2H3/t10-,11-/m1/s1. The number of nitrogens with zero attached hydrogens (tertiary/aromatic N) is 1. The number of nitrogens with one attached hydrogen (secondary N) is 1. The summed E-state index contributed by atoms with van der Waals surface area (Å²) in [7, 11) is 1.93. The fourth-order valence-corrected chi connectivity index (χ4v) is 3.01. The highest BCUT2D eigenvalue weighted by Gasteiger charge is 2.29. The SMILES string of the molecule is CNC[C@H]1CCN(C(=O)[C@@H](C)Oc2ccc(Cl)cc2Cl)C1. The predicted molar refractivity (Wildman–Crippen MR) is 85.2 cm³/mol. The number of halogens is 2. The predicted octanol–water partition coefficient (Wildman–Crippen LogP) is 2.83. The van der Waals surface area contributed by atoms with Gasteiger partial charge < -0.3 is 15.0 Å². The third-order valence-electron chi connectivity index (χ3n) is 3.64. The largest absolute Gasteiger partial charge is 0.479 e. The molecule has 2 atom stereocenters. The van der Waals surface area contributed by atoms with Crippen LogP contribution >= 0.6 is 23.2 Å². The van der Waals surface area contributed by atoms with Crippen molar-refractivity contribution < 1.29 is 9.53 Å². The maximum Gasteiger partial charge on any atom is 0.263 e. The minimum Gasteiger partial charge on any atom is -0.479 e. The molecule has 0 aromatic heterocycles. The van der Waals surface area contributed by atoms with E-state index in [0.29, 0.717) is 21.7 Å². The van der Waals surface area contributed by atoms with Gasteiger partial charge in [-0.3, -0.25) is 4.79 Å². The second-order valence-corrected chi connectivity index (χ2v) is 6.18. The van der Waals surface area contributed by atoms with Gasteiger partial charge in [-0.05, 0) is 51.1 Å². The van der Waals surface area contributed by atoms with Crippen LogP contribution in [0.3, 0.4) is 0 Å². The van der Waals surface area contributed by atoms with Crippen LogP contribution in [0.2, 0.25) is 10.0 Å². The van der Waals surface area contributed by atoms with Crippen LogP contribution in [-0.4, -0.2) is 43.6 Å². The number of benzene rings is 1. The van der Waals surface area contributed by atoms with Gasteiger partial charge in [0, 0.05) is 18.1 Å². The molecule has 0 radical (unpaired) electrons. The highest BCUT2D eigenvalue weighted by molar-refractivity contribution is 6.35. The third-order valence-corrected chi connectivity index (χ3v) is 4.17. The Kier molecular flexibility index (Phi) is 5.73. The summed E-state index contributed by atoms with van der Waals surface area (Å²) in [6.45, 7) is 4.25. The molecule has 21 heavy (non-hydrogen) atoms. The van der Waals surface area contributed by atoms with Crippen molar-refractivity contribution in [1.82, 2.24) is 10.2 Å². The average molecular weight is 331 g/mol. The Morgan fingerprint density at radius 3 is 2.95 bits per heavy atom. The lowest BCUT2D eigenvalue weighted by Gasteiger charge is -2.22. The average Bonchev–Trinajstić information content (AvgIpc) is 2.90. The van der Waals surface area contributed by atoms with Crippen molar-refractivity contribution in [2.75, 3.05) is 26.7 Å². The molecule has 1 aliphatic rings. The van der Waals surface area contributed by atoms with Crippen LogP contribution in [0.5, 0.6) is 5.75 Å². The minimum absolute atomic E-state index is 0.000352. The molecule has 1 aliphatic heterocycles. The summed E-state index contributed by atoms with van der Waals surface area (Å²) in [5, 5.41) is 4.11. The zero-order valence-electron chi connectivity index (χ0n) is 12.2. The number of amides is 1. The minimum atomic E-state index is -0.558. The van der Waals surface area contributed by atoms with Gasteiger partial charge in [-0.15, -0.1) is 0 Å². The van der Waals surface area contributed by atoms with Crippen LogP contribution in [0.1, 0.15) is 13.3 Å². The van der Waals surface area contributed by atoms with Crippen molar-refractivity contribution in [3.05, 3.63) is 28.2 Å². The van der Waals surface area contributed by atoms with E-state index >= 15 is 0 Å². The molecule has 4 nitrogen and oxygen atoms in total. The lowest BCUT2D eigenvalue weighted by molar-refractivity contribution is -0.136. The lowest BCUT2D eigenvalue weighted by Crippen LogP contribution is -2.39. The van der Waals surface area contributed by atoms with Gasteiger partial charge in [0.15, 0.2) is 6.10 Å². The summed E-state index contributed by atoms with van der Waals surface area (Å²) in [5.74, 6) is 0.998. The van der Waals surface area contributed by atoms with Gasteiger partial charge in [0.2, 0.25) is 0 Å². The highest BCUT2D eigenvalue weighted by Crippen LogP contribution is 2.28. The summed E-state index contributed by atoms with van der Waals surface area (Å²) in [6, 6.07) is 4.98. The van der Waals surface area contributed by atoms with Gasteiger partial charge in [-0.25, -0.2) is 0 Å². The van der Waals surface area contributed by atoms with E-state index in [9.17, 15) is 4.79 Å². The van der Waals surface area contributed by atoms with Gasteiger partial charge >= 0.3 is 0 Å². The van der Waals surface area contributed by atoms with E-state index in [4.69, 9.17) is 27.9 Å². The maximum absolute atomic E-state index is 12.4. The number of hydrogen-bond acceptors (Lipinski definition) is 3. The second kappa shape index (κ2) is 7.34. The van der Waals surface area contributed by atoms with E-state index in [-0.39, 0.29) is 5.91 Å². The van der Waals surface area contributed by atoms with Crippen LogP contribution < -0.4 is 10.1 Å². The van der Waals surface area contributed by atoms with Crippen molar-refractivity contribution in [2.24, 2.45) is 5.92 Å². The third kappa shape index (κ3) is 4.25. The molecule has 6 heteroatoms. The molecular weight excluding hydrogens is 311 g/mol. The zero-order valence-corrected chi connectivity index (χ0v) is 13.7. The van der Waals surface area contributed by atoms with E-state index in [2.05, 4.69) is 5.32 Å². The van der Waals surface area contributed by atoms with Crippen molar-refractivity contribution >= 4 is 29.1 Å². The molecule has 1 fully saturated rings. The molecule has 116 valence electrons. The Hall–Kier alpha value is -0.970. The van der Waals surface area contributed by atoms with E-state index in [1.807, 2.05) is 11.9 Å². The van der Waals surface area contributed by atoms with E-state index in [0.717, 1.165) is 26.1 Å². The van der Waals surface area contributed by atoms with Gasteiger partial charge in [0.05, 0.1) is 5.02 Å². The first kappa shape index (κ1) is 16.4. The lowest BCUT2D eigenvalue weighted by atomic mass is 10.1. The number of rotatable bonds is 5. The molecule has 1 aromatic carbocycles. The summed E-state index contributed by atoms with van der Waals surface area (Å²) >= 11 is 11.9. The van der Waals surface area contributed by atoms with Crippen molar-refractivity contribution in [2.45, 2.75) is 19.4 Å². The second-order valence-electron chi connectivity index (χ2n) is 5.33. The molecule has 1 heterocycles. The molecule has 1 amide bonds. The summed E-state index contributed by atoms with van der Waals surface area (Å²) in [4.78, 5) is 14.2. The topological polar surface area (TPSA) is 41.6 Å². The molecule has 1 N–H and O–H groups in total. The fraction of sp³-hybridized carbons (Fsp3) is 0.533. The quantitative estimate of drug-likeness (QED) is 0.902. The normalized spacial score (nSPS) is 19.6. The van der Waals surface area contributed by atoms with Gasteiger partial charge in [-0.1, -0.05) is 23.2 Å². The smallest absolute Gasteiger partial charge is 0.263 e. The van der Waals surface area contributed by atoms with Crippen molar-refractivity contribution in [3.63, 3.8) is 0 Å². The van der Waals surface area contributed by atoms with Gasteiger partial charge in [0.25, 0.3) is 5.91 Å². The highest BCUT2D eigenvalue weighted by atomic mass is 35.5. The number of hydrogen-bond donors (Lipinski definition) is 1. The molecule has 2 rings (SSSR count). The Balaban J connectivity index is 1.94. The monoisotopic (exact) mass is 330 g/mol. The zero-order chi connectivity index (χ0) is 15.4. The van der Waals surface area contributed by atoms with Crippen LogP contribution in [0.15, 0.2) is 18.2 Å². The fourth-order valence-electron chi connectivity index (χ4n) is 2.56. The number of ether oxygens (including phenoxy) is 1. The van der Waals surface area contributed by atoms with E-state index < -0.39 is 6.10 Å². The molecule has 1 saturated heterocycles. The molecular formula is C15H20Cl2N2O2. The van der Waals surface area contributed by atoms with Crippen LogP contribution in [0, 0.1) is 5.92 Å². The first-order valence-electron chi connectivity index (χ1n) is 7.06. The molecule has 0 saturated carbocycles. The summed E-state index contributed by atoms with van der Waals surface area (Å²) < 4.78 is 5.67. The molecule has 0 spiro atoms. The Bertz CT molecular complexity index is 510. The Labute approximate surface area is 135 Å². The molecule has 0 unspecified atom stereocenters. The molecule has 1 aromatic rings. The van der Waals surface area contributed by atoms with E-state index in [1.54, 1.807) is 25.1 Å². The molecule has 0 bridgehead atoms. The van der Waals surface area contributed by atoms with Crippen molar-refractivity contribution in [3.8, 4) is 5.75 Å². The number of carbonyl (C=O) groups excluding carboxylic acids is 1. The van der Waals surface area contributed by atoms with Crippen LogP contribution in [0.25, 0.3) is 0 Å². The van der Waals surface area contributed by atoms with Gasteiger partial charge in [0.1, 0.15) is 5.75 Å². The van der Waals surface area contributed by atoms with Crippen LogP contribution in [-0.2, 0) is 4.79 Å². The van der Waals surface area contributed by atoms with Gasteiger partial charge in [-0.2, -0.15) is 0 Å². The number of carbonyl (C=O) groups is 1. The summed E-state index contributed by atoms with van der Waals surface area (Å²) in [6.07, 6.45) is 0.470. The van der Waals surface area contributed by atoms with Crippen LogP contribution in [0.4, 0.5) is 0 Å². The Morgan fingerprint density at radius 2 is 2.29 bits per heavy atom.